The van der Waals surface area contributed by atoms with Gasteiger partial charge in [-0.15, -0.1) is 0 Å². The van der Waals surface area contributed by atoms with Gasteiger partial charge in [0.15, 0.2) is 6.23 Å². The number of anilines is 1. The smallest absolute Gasteiger partial charge is 0.354 e. The van der Waals surface area contributed by atoms with Gasteiger partial charge in [0, 0.05) is 0 Å². The van der Waals surface area contributed by atoms with Gasteiger partial charge in [-0.1, -0.05) is 0 Å². The van der Waals surface area contributed by atoms with E-state index in [0.29, 0.717) is 0 Å². The Hall–Kier alpha value is -1.60. The molecule has 2 heterocycles. The molecule has 1 saturated heterocycles. The van der Waals surface area contributed by atoms with Crippen LogP contribution in [-0.2, 0) is 19.0 Å². The number of nitrogens with two attached hydrogens (primary N) is 1. The molecule has 1 fully saturated rings. The Bertz CT molecular complexity index is 675. The molecule has 4 atom stereocenters. The molecule has 1 aliphatic heterocycles. The van der Waals surface area contributed by atoms with Crippen LogP contribution in [0, 0.1) is 0 Å². The minimum Gasteiger partial charge on any atom is -0.387 e. The first kappa shape index (κ1) is 15.8. The summed E-state index contributed by atoms with van der Waals surface area (Å²) in [7, 11) is -3.73. The number of nitrogens with zero attached hydrogens (tertiary/aromatic N) is 3. The maximum atomic E-state index is 11.6. The van der Waals surface area contributed by atoms with Crippen molar-refractivity contribution in [3.05, 3.63) is 16.8 Å². The molecule has 0 radical (unpaired) electrons. The average Bonchev–Trinajstić information content (AvgIpc) is 2.64. The fraction of sp³-hybridized carbons (Fsp3) is 0.667. The van der Waals surface area contributed by atoms with E-state index in [4.69, 9.17) is 10.5 Å². The summed E-state index contributed by atoms with van der Waals surface area (Å²) >= 11 is 0. The molecule has 0 aliphatic carbocycles. The number of hydrogen-bond acceptors (Lipinski definition) is 10. The Morgan fingerprint density at radius 3 is 2.71 bits per heavy atom. The molecule has 0 amide bonds. The van der Waals surface area contributed by atoms with Crippen LogP contribution in [0.3, 0.4) is 0 Å². The van der Waals surface area contributed by atoms with Gasteiger partial charge in [-0.2, -0.15) is 13.4 Å². The van der Waals surface area contributed by atoms with Crippen molar-refractivity contribution in [2.24, 2.45) is 0 Å². The SMILES string of the molecule is CS(=O)(=O)OC[C@H]1O[C@@H](n2cnc(N)nc2=O)C(O)C1O. The molecular formula is C9H14N4O7S. The van der Waals surface area contributed by atoms with Gasteiger partial charge in [-0.3, -0.25) is 8.75 Å². The molecule has 1 aromatic heterocycles. The molecule has 2 rings (SSSR count). The van der Waals surface area contributed by atoms with E-state index in [0.717, 1.165) is 17.2 Å². The average molecular weight is 322 g/mol. The normalized spacial score (nSPS) is 29.7. The molecule has 0 aromatic carbocycles. The number of rotatable bonds is 4. The summed E-state index contributed by atoms with van der Waals surface area (Å²) in [6.07, 6.45) is -3.50. The second-order valence-corrected chi connectivity index (χ2v) is 6.08. The Kier molecular flexibility index (Phi) is 4.25. The van der Waals surface area contributed by atoms with E-state index in [1.54, 1.807) is 0 Å². The van der Waals surface area contributed by atoms with Crippen LogP contribution in [0.15, 0.2) is 11.1 Å². The van der Waals surface area contributed by atoms with Gasteiger partial charge in [0.25, 0.3) is 10.1 Å². The second-order valence-electron chi connectivity index (χ2n) is 4.44. The lowest BCUT2D eigenvalue weighted by molar-refractivity contribution is -0.0512. The summed E-state index contributed by atoms with van der Waals surface area (Å²) in [6.45, 7) is -0.502. The molecular weight excluding hydrogens is 308 g/mol. The molecule has 118 valence electrons. The van der Waals surface area contributed by atoms with Crippen LogP contribution < -0.4 is 11.4 Å². The molecule has 0 spiro atoms. The van der Waals surface area contributed by atoms with E-state index in [-0.39, 0.29) is 5.95 Å². The predicted molar refractivity (Wildman–Crippen MR) is 67.4 cm³/mol. The van der Waals surface area contributed by atoms with Gasteiger partial charge in [-0.25, -0.2) is 9.78 Å². The van der Waals surface area contributed by atoms with Crippen molar-refractivity contribution in [1.82, 2.24) is 14.5 Å². The van der Waals surface area contributed by atoms with Crippen LogP contribution in [0.4, 0.5) is 5.95 Å². The van der Waals surface area contributed by atoms with Gasteiger partial charge in [0.2, 0.25) is 5.95 Å². The monoisotopic (exact) mass is 322 g/mol. The fourth-order valence-corrected chi connectivity index (χ4v) is 2.20. The van der Waals surface area contributed by atoms with Crippen LogP contribution in [-0.4, -0.2) is 64.3 Å². The maximum absolute atomic E-state index is 11.6. The number of aliphatic hydroxyl groups excluding tert-OH is 2. The van der Waals surface area contributed by atoms with Crippen molar-refractivity contribution in [3.8, 4) is 0 Å². The van der Waals surface area contributed by atoms with Gasteiger partial charge in [0.05, 0.1) is 12.9 Å². The molecule has 0 saturated carbocycles. The molecule has 21 heavy (non-hydrogen) atoms. The van der Waals surface area contributed by atoms with Crippen molar-refractivity contribution >= 4 is 16.1 Å². The second kappa shape index (κ2) is 5.65. The third-order valence-corrected chi connectivity index (χ3v) is 3.37. The van der Waals surface area contributed by atoms with Gasteiger partial charge in [0.1, 0.15) is 24.6 Å². The van der Waals surface area contributed by atoms with E-state index in [1.807, 2.05) is 0 Å². The van der Waals surface area contributed by atoms with E-state index >= 15 is 0 Å². The highest BCUT2D eigenvalue weighted by Crippen LogP contribution is 2.28. The Morgan fingerprint density at radius 1 is 1.48 bits per heavy atom. The molecule has 2 unspecified atom stereocenters. The summed E-state index contributed by atoms with van der Waals surface area (Å²) in [6, 6.07) is 0. The number of hydrogen-bond donors (Lipinski definition) is 3. The Morgan fingerprint density at radius 2 is 2.14 bits per heavy atom. The molecule has 11 nitrogen and oxygen atoms in total. The maximum Gasteiger partial charge on any atom is 0.354 e. The first-order valence-corrected chi connectivity index (χ1v) is 7.57. The topological polar surface area (TPSA) is 167 Å². The molecule has 4 N–H and O–H groups in total. The van der Waals surface area contributed by atoms with E-state index in [2.05, 4.69) is 14.2 Å². The van der Waals surface area contributed by atoms with Gasteiger partial charge in [-0.05, 0) is 0 Å². The zero-order chi connectivity index (χ0) is 15.8. The van der Waals surface area contributed by atoms with E-state index in [1.165, 1.54) is 0 Å². The quantitative estimate of drug-likeness (QED) is 0.480. The number of ether oxygens (including phenoxy) is 1. The van der Waals surface area contributed by atoms with Crippen molar-refractivity contribution < 1.29 is 27.6 Å². The largest absolute Gasteiger partial charge is 0.387 e. The zero-order valence-corrected chi connectivity index (χ0v) is 11.7. The van der Waals surface area contributed by atoms with Crippen molar-refractivity contribution in [2.45, 2.75) is 24.5 Å². The highest BCUT2D eigenvalue weighted by molar-refractivity contribution is 7.85. The number of nitrogen functional groups attached to an aromatic ring is 1. The Labute approximate surface area is 119 Å². The molecule has 1 aromatic rings. The summed E-state index contributed by atoms with van der Waals surface area (Å²) in [5.41, 5.74) is 4.41. The zero-order valence-electron chi connectivity index (χ0n) is 10.9. The minimum absolute atomic E-state index is 0.249. The fourth-order valence-electron chi connectivity index (χ4n) is 1.82. The van der Waals surface area contributed by atoms with E-state index in [9.17, 15) is 23.4 Å². The lowest BCUT2D eigenvalue weighted by Crippen LogP contribution is -2.36. The lowest BCUT2D eigenvalue weighted by atomic mass is 10.1. The predicted octanol–water partition coefficient (Wildman–Crippen LogP) is -3.18. The third-order valence-electron chi connectivity index (χ3n) is 2.80. The highest BCUT2D eigenvalue weighted by atomic mass is 32.2. The third kappa shape index (κ3) is 3.54. The first-order chi connectivity index (χ1) is 9.69. The summed E-state index contributed by atoms with van der Waals surface area (Å²) in [5, 5.41) is 19.7. The summed E-state index contributed by atoms with van der Waals surface area (Å²) in [5.74, 6) is -0.249. The number of aromatic nitrogens is 3. The first-order valence-electron chi connectivity index (χ1n) is 5.75. The van der Waals surface area contributed by atoms with Crippen LogP contribution in [0.5, 0.6) is 0 Å². The number of aliphatic hydroxyl groups is 2. The molecule has 1 aliphatic rings. The van der Waals surface area contributed by atoms with Crippen molar-refractivity contribution in [3.63, 3.8) is 0 Å². The van der Waals surface area contributed by atoms with Crippen molar-refractivity contribution in [2.75, 3.05) is 18.6 Å². The van der Waals surface area contributed by atoms with Gasteiger partial charge < -0.3 is 20.7 Å². The van der Waals surface area contributed by atoms with E-state index < -0.39 is 47.0 Å². The van der Waals surface area contributed by atoms with Crippen molar-refractivity contribution in [1.29, 1.82) is 0 Å². The highest BCUT2D eigenvalue weighted by Gasteiger charge is 2.44. The summed E-state index contributed by atoms with van der Waals surface area (Å²) in [4.78, 5) is 18.6. The van der Waals surface area contributed by atoms with Crippen LogP contribution in [0.2, 0.25) is 0 Å². The van der Waals surface area contributed by atoms with Gasteiger partial charge >= 0.3 is 5.69 Å². The Balaban J connectivity index is 2.18. The minimum atomic E-state index is -3.73. The molecule has 0 bridgehead atoms. The van der Waals surface area contributed by atoms with Crippen LogP contribution >= 0.6 is 0 Å². The molecule has 12 heteroatoms. The van der Waals surface area contributed by atoms with Crippen LogP contribution in [0.25, 0.3) is 0 Å². The standard InChI is InChI=1S/C9H14N4O7S/c1-21(17,18)19-2-4-5(14)6(15)7(20-4)13-3-11-8(10)12-9(13)16/h3-7,14-15H,2H2,1H3,(H2,10,12,16)/t4-,5?,6?,7-/m1/s1. The van der Waals surface area contributed by atoms with Crippen LogP contribution in [0.1, 0.15) is 6.23 Å². The lowest BCUT2D eigenvalue weighted by Gasteiger charge is -2.16. The summed E-state index contributed by atoms with van der Waals surface area (Å²) < 4.78 is 32.4.